The normalized spacial score (nSPS) is 24.2. The monoisotopic (exact) mass is 414 g/mol. The number of thiazole rings is 1. The molecule has 28 heavy (non-hydrogen) atoms. The fourth-order valence-corrected chi connectivity index (χ4v) is 7.13. The minimum Gasteiger partial charge on any atom is -0.294 e. The molecule has 0 amide bonds. The molecule has 2 bridgehead atoms. The van der Waals surface area contributed by atoms with Crippen LogP contribution in [0.2, 0.25) is 0 Å². The summed E-state index contributed by atoms with van der Waals surface area (Å²) in [5, 5.41) is 0. The molecule has 1 aromatic heterocycles. The molecule has 3 aromatic rings. The van der Waals surface area contributed by atoms with Gasteiger partial charge in [0.15, 0.2) is 0 Å². The van der Waals surface area contributed by atoms with Crippen molar-refractivity contribution < 1.29 is 8.42 Å². The number of nitrogens with one attached hydrogen (secondary N) is 1. The average molecular weight is 415 g/mol. The topological polar surface area (TPSA) is 68.2 Å². The van der Waals surface area contributed by atoms with Gasteiger partial charge in [-0.25, -0.2) is 13.1 Å². The molecule has 3 unspecified atom stereocenters. The van der Waals surface area contributed by atoms with E-state index in [9.17, 15) is 13.2 Å². The Kier molecular flexibility index (Phi) is 4.41. The zero-order valence-electron chi connectivity index (χ0n) is 15.4. The number of benzene rings is 2. The van der Waals surface area contributed by atoms with Gasteiger partial charge in [-0.05, 0) is 54.9 Å². The number of fused-ring (bicyclic) bond motifs is 3. The summed E-state index contributed by atoms with van der Waals surface area (Å²) in [7, 11) is -3.57. The lowest BCUT2D eigenvalue weighted by molar-refractivity contribution is 0.390. The molecule has 0 saturated heterocycles. The van der Waals surface area contributed by atoms with E-state index < -0.39 is 10.0 Å². The first kappa shape index (κ1) is 18.1. The van der Waals surface area contributed by atoms with Crippen LogP contribution in [0.5, 0.6) is 0 Å². The van der Waals surface area contributed by atoms with Gasteiger partial charge >= 0.3 is 4.87 Å². The van der Waals surface area contributed by atoms with Crippen LogP contribution < -0.4 is 9.60 Å². The first-order valence-electron chi connectivity index (χ1n) is 9.69. The first-order chi connectivity index (χ1) is 13.5. The van der Waals surface area contributed by atoms with Crippen molar-refractivity contribution in [3.8, 4) is 0 Å². The first-order valence-corrected chi connectivity index (χ1v) is 12.0. The quantitative estimate of drug-likeness (QED) is 0.694. The second kappa shape index (κ2) is 6.83. The standard InChI is InChI=1S/C21H22N2O3S2/c24-21-23(13-14-4-2-1-3-5-14)19-9-8-17(12-20(19)27-21)28(25,26)22-18-11-15-6-7-16(18)10-15/h1-5,8-9,12,15-16,18,22H,6-7,10-11,13H2. The van der Waals surface area contributed by atoms with Crippen LogP contribution in [0.25, 0.3) is 10.2 Å². The Labute approximate surface area is 168 Å². The highest BCUT2D eigenvalue weighted by molar-refractivity contribution is 7.89. The summed E-state index contributed by atoms with van der Waals surface area (Å²) in [5.41, 5.74) is 1.82. The van der Waals surface area contributed by atoms with Crippen LogP contribution in [-0.2, 0) is 16.6 Å². The van der Waals surface area contributed by atoms with Crippen LogP contribution in [0, 0.1) is 11.8 Å². The molecular formula is C21H22N2O3S2. The van der Waals surface area contributed by atoms with Crippen molar-refractivity contribution in [3.63, 3.8) is 0 Å². The number of sulfonamides is 1. The van der Waals surface area contributed by atoms with Crippen molar-refractivity contribution in [3.05, 3.63) is 63.8 Å². The molecule has 146 valence electrons. The molecule has 5 nitrogen and oxygen atoms in total. The second-order valence-electron chi connectivity index (χ2n) is 7.97. The van der Waals surface area contributed by atoms with Gasteiger partial charge in [-0.15, -0.1) is 0 Å². The van der Waals surface area contributed by atoms with Gasteiger partial charge < -0.3 is 0 Å². The van der Waals surface area contributed by atoms with Crippen molar-refractivity contribution in [2.24, 2.45) is 11.8 Å². The largest absolute Gasteiger partial charge is 0.308 e. The molecule has 5 rings (SSSR count). The Bertz CT molecular complexity index is 1180. The lowest BCUT2D eigenvalue weighted by Crippen LogP contribution is -2.38. The fraction of sp³-hybridized carbons (Fsp3) is 0.381. The van der Waals surface area contributed by atoms with Gasteiger partial charge in [-0.2, -0.15) is 0 Å². The molecule has 0 aliphatic heterocycles. The highest BCUT2D eigenvalue weighted by Crippen LogP contribution is 2.44. The van der Waals surface area contributed by atoms with E-state index in [-0.39, 0.29) is 15.8 Å². The second-order valence-corrected chi connectivity index (χ2v) is 10.7. The minimum absolute atomic E-state index is 0.0564. The number of hydrogen-bond donors (Lipinski definition) is 1. The van der Waals surface area contributed by atoms with E-state index in [1.165, 1.54) is 6.42 Å². The van der Waals surface area contributed by atoms with Crippen molar-refractivity contribution in [1.29, 1.82) is 0 Å². The van der Waals surface area contributed by atoms with Gasteiger partial charge in [0.25, 0.3) is 0 Å². The SMILES string of the molecule is O=c1sc2cc(S(=O)(=O)NC3CC4CCC3C4)ccc2n1Cc1ccccc1. The van der Waals surface area contributed by atoms with E-state index in [0.29, 0.717) is 23.1 Å². The van der Waals surface area contributed by atoms with E-state index in [1.54, 1.807) is 22.8 Å². The smallest absolute Gasteiger partial charge is 0.294 e. The molecule has 1 N–H and O–H groups in total. The summed E-state index contributed by atoms with van der Waals surface area (Å²) >= 11 is 1.10. The zero-order valence-corrected chi connectivity index (χ0v) is 17.0. The Morgan fingerprint density at radius 2 is 1.89 bits per heavy atom. The predicted molar refractivity (Wildman–Crippen MR) is 111 cm³/mol. The summed E-state index contributed by atoms with van der Waals surface area (Å²) in [4.78, 5) is 12.7. The fourth-order valence-electron chi connectivity index (χ4n) is 4.79. The summed E-state index contributed by atoms with van der Waals surface area (Å²) in [6.07, 6.45) is 4.46. The molecule has 0 radical (unpaired) electrons. The van der Waals surface area contributed by atoms with E-state index in [0.717, 1.165) is 41.7 Å². The number of aromatic nitrogens is 1. The van der Waals surface area contributed by atoms with Crippen LogP contribution in [0.4, 0.5) is 0 Å². The minimum atomic E-state index is -3.57. The van der Waals surface area contributed by atoms with Gasteiger partial charge in [-0.3, -0.25) is 9.36 Å². The summed E-state index contributed by atoms with van der Waals surface area (Å²) in [6.45, 7) is 0.481. The van der Waals surface area contributed by atoms with E-state index in [4.69, 9.17) is 0 Å². The van der Waals surface area contributed by atoms with Gasteiger partial charge in [0, 0.05) is 6.04 Å². The highest BCUT2D eigenvalue weighted by Gasteiger charge is 2.41. The Morgan fingerprint density at radius 1 is 1.07 bits per heavy atom. The maximum absolute atomic E-state index is 12.9. The third kappa shape index (κ3) is 3.21. The molecule has 2 aliphatic rings. The summed E-state index contributed by atoms with van der Waals surface area (Å²) in [6, 6.07) is 14.9. The number of nitrogens with zero attached hydrogens (tertiary/aromatic N) is 1. The van der Waals surface area contributed by atoms with Crippen LogP contribution >= 0.6 is 11.3 Å². The molecule has 2 saturated carbocycles. The van der Waals surface area contributed by atoms with Gasteiger partial charge in [0.05, 0.1) is 21.7 Å². The van der Waals surface area contributed by atoms with Crippen LogP contribution in [0.3, 0.4) is 0 Å². The molecule has 3 atom stereocenters. The zero-order chi connectivity index (χ0) is 19.3. The molecule has 2 aliphatic carbocycles. The van der Waals surface area contributed by atoms with Crippen LogP contribution in [-0.4, -0.2) is 19.0 Å². The summed E-state index contributed by atoms with van der Waals surface area (Å²) in [5.74, 6) is 1.16. The van der Waals surface area contributed by atoms with E-state index in [1.807, 2.05) is 30.3 Å². The third-order valence-corrected chi connectivity index (χ3v) is 8.61. The van der Waals surface area contributed by atoms with Crippen LogP contribution in [0.15, 0.2) is 58.2 Å². The Morgan fingerprint density at radius 3 is 2.61 bits per heavy atom. The molecule has 0 spiro atoms. The van der Waals surface area contributed by atoms with Crippen molar-refractivity contribution in [2.45, 2.75) is 43.2 Å². The van der Waals surface area contributed by atoms with Crippen LogP contribution in [0.1, 0.15) is 31.2 Å². The number of rotatable bonds is 5. The van der Waals surface area contributed by atoms with Gasteiger partial charge in [-0.1, -0.05) is 48.1 Å². The van der Waals surface area contributed by atoms with Gasteiger partial charge in [0.2, 0.25) is 10.0 Å². The van der Waals surface area contributed by atoms with Gasteiger partial charge in [0.1, 0.15) is 0 Å². The molecule has 7 heteroatoms. The molecule has 2 aromatic carbocycles. The lowest BCUT2D eigenvalue weighted by Gasteiger charge is -2.22. The maximum atomic E-state index is 12.9. The van der Waals surface area contributed by atoms with Crippen molar-refractivity contribution in [1.82, 2.24) is 9.29 Å². The Hall–Kier alpha value is -1.96. The molecule has 1 heterocycles. The van der Waals surface area contributed by atoms with Crippen molar-refractivity contribution >= 4 is 31.6 Å². The number of hydrogen-bond acceptors (Lipinski definition) is 4. The predicted octanol–water partition coefficient (Wildman–Crippen LogP) is 3.58. The lowest BCUT2D eigenvalue weighted by atomic mass is 9.96. The third-order valence-electron chi connectivity index (χ3n) is 6.18. The highest BCUT2D eigenvalue weighted by atomic mass is 32.2. The molecule has 2 fully saturated rings. The Balaban J connectivity index is 1.44. The van der Waals surface area contributed by atoms with E-state index >= 15 is 0 Å². The molecular weight excluding hydrogens is 392 g/mol. The average Bonchev–Trinajstić information content (AvgIpc) is 3.37. The van der Waals surface area contributed by atoms with Crippen molar-refractivity contribution in [2.75, 3.05) is 0 Å². The summed E-state index contributed by atoms with van der Waals surface area (Å²) < 4.78 is 31.1. The maximum Gasteiger partial charge on any atom is 0.308 e. The van der Waals surface area contributed by atoms with E-state index in [2.05, 4.69) is 4.72 Å².